The minimum Gasteiger partial charge on any atom is -0.508 e. The van der Waals surface area contributed by atoms with Crippen molar-refractivity contribution in [2.24, 2.45) is 5.73 Å². The second-order valence-corrected chi connectivity index (χ2v) is 8.68. The first-order valence-electron chi connectivity index (χ1n) is 9.03. The Bertz CT molecular complexity index is 685. The summed E-state index contributed by atoms with van der Waals surface area (Å²) >= 11 is 0. The molecule has 1 aromatic carbocycles. The van der Waals surface area contributed by atoms with Crippen LogP contribution in [0.15, 0.2) is 12.1 Å². The molecule has 0 unspecified atom stereocenters. The van der Waals surface area contributed by atoms with E-state index in [1.54, 1.807) is 46.8 Å². The molecule has 152 valence electrons. The van der Waals surface area contributed by atoms with E-state index in [0.29, 0.717) is 0 Å². The fraction of sp³-hybridized carbons (Fsp3) is 0.600. The molecule has 0 spiro atoms. The van der Waals surface area contributed by atoms with Gasteiger partial charge in [-0.25, -0.2) is 4.79 Å². The van der Waals surface area contributed by atoms with Crippen molar-refractivity contribution in [1.82, 2.24) is 10.2 Å². The molecule has 0 radical (unpaired) electrons. The van der Waals surface area contributed by atoms with Gasteiger partial charge in [0.05, 0.1) is 0 Å². The number of phenolic OH excluding ortho intramolecular Hbond substituents is 1. The van der Waals surface area contributed by atoms with Crippen LogP contribution in [0.5, 0.6) is 5.75 Å². The Balaban J connectivity index is 3.42. The number of amides is 2. The summed E-state index contributed by atoms with van der Waals surface area (Å²) in [6.07, 6.45) is -0.962. The number of aryl methyl sites for hydroxylation is 2. The molecule has 2 amide bonds. The maximum Gasteiger partial charge on any atom is 0.408 e. The van der Waals surface area contributed by atoms with E-state index in [1.165, 1.54) is 4.90 Å². The summed E-state index contributed by atoms with van der Waals surface area (Å²) in [7, 11) is 0. The van der Waals surface area contributed by atoms with Gasteiger partial charge in [-0.15, -0.1) is 0 Å². The highest BCUT2D eigenvalue weighted by Crippen LogP contribution is 2.26. The van der Waals surface area contributed by atoms with E-state index in [2.05, 4.69) is 5.32 Å². The molecule has 27 heavy (non-hydrogen) atoms. The highest BCUT2D eigenvalue weighted by molar-refractivity contribution is 5.86. The third kappa shape index (κ3) is 5.85. The molecule has 7 heteroatoms. The topological polar surface area (TPSA) is 116 Å². The number of nitrogens with zero attached hydrogens (tertiary/aromatic N) is 1. The molecular weight excluding hydrogens is 346 g/mol. The maximum absolute atomic E-state index is 13.1. The number of carbonyl (C=O) groups excluding carboxylic acids is 1. The summed E-state index contributed by atoms with van der Waals surface area (Å²) in [5, 5.41) is 22.5. The van der Waals surface area contributed by atoms with Crippen LogP contribution in [0.1, 0.15) is 51.3 Å². The van der Waals surface area contributed by atoms with Crippen molar-refractivity contribution in [3.05, 3.63) is 28.8 Å². The van der Waals surface area contributed by atoms with Crippen LogP contribution < -0.4 is 11.1 Å². The first-order valence-corrected chi connectivity index (χ1v) is 9.03. The maximum atomic E-state index is 13.1. The summed E-state index contributed by atoms with van der Waals surface area (Å²) in [4.78, 5) is 26.3. The fourth-order valence-electron chi connectivity index (χ4n) is 3.14. The zero-order chi connectivity index (χ0) is 21.2. The quantitative estimate of drug-likeness (QED) is 0.606. The van der Waals surface area contributed by atoms with Crippen LogP contribution in [0.2, 0.25) is 0 Å². The number of carbonyl (C=O) groups is 2. The molecule has 0 fully saturated rings. The number of aromatic hydroxyl groups is 1. The van der Waals surface area contributed by atoms with Gasteiger partial charge in [0, 0.05) is 24.0 Å². The Kier molecular flexibility index (Phi) is 6.88. The largest absolute Gasteiger partial charge is 0.508 e. The number of phenols is 1. The van der Waals surface area contributed by atoms with Crippen LogP contribution in [0.25, 0.3) is 0 Å². The molecule has 0 saturated heterocycles. The average Bonchev–Trinajstić information content (AvgIpc) is 2.47. The molecule has 0 aliphatic carbocycles. The Labute approximate surface area is 161 Å². The monoisotopic (exact) mass is 379 g/mol. The van der Waals surface area contributed by atoms with Crippen molar-refractivity contribution in [1.29, 1.82) is 0 Å². The molecule has 0 aliphatic heterocycles. The third-order valence-corrected chi connectivity index (χ3v) is 4.59. The smallest absolute Gasteiger partial charge is 0.408 e. The summed E-state index contributed by atoms with van der Waals surface area (Å²) < 4.78 is 0. The predicted molar refractivity (Wildman–Crippen MR) is 106 cm³/mol. The molecule has 1 rings (SSSR count). The molecular formula is C20H33N3O4. The molecule has 0 aromatic heterocycles. The van der Waals surface area contributed by atoms with Gasteiger partial charge in [0.1, 0.15) is 11.8 Å². The zero-order valence-corrected chi connectivity index (χ0v) is 17.4. The first kappa shape index (κ1) is 22.8. The van der Waals surface area contributed by atoms with E-state index in [1.807, 2.05) is 13.8 Å². The third-order valence-electron chi connectivity index (χ3n) is 4.59. The van der Waals surface area contributed by atoms with Gasteiger partial charge < -0.3 is 21.3 Å². The van der Waals surface area contributed by atoms with Crippen molar-refractivity contribution < 1.29 is 19.8 Å². The van der Waals surface area contributed by atoms with Gasteiger partial charge in [-0.05, 0) is 77.3 Å². The van der Waals surface area contributed by atoms with Crippen LogP contribution in [-0.2, 0) is 11.2 Å². The first-order chi connectivity index (χ1) is 12.2. The lowest BCUT2D eigenvalue weighted by Crippen LogP contribution is -2.61. The zero-order valence-electron chi connectivity index (χ0n) is 17.4. The number of nitrogens with two attached hydrogens (primary N) is 1. The van der Waals surface area contributed by atoms with Crippen molar-refractivity contribution in [2.45, 2.75) is 72.0 Å². The van der Waals surface area contributed by atoms with E-state index in [-0.39, 0.29) is 18.7 Å². The number of hydrogen-bond donors (Lipinski definition) is 4. The molecule has 7 nitrogen and oxygen atoms in total. The molecule has 0 bridgehead atoms. The van der Waals surface area contributed by atoms with Gasteiger partial charge in [-0.3, -0.25) is 9.69 Å². The fourth-order valence-corrected chi connectivity index (χ4v) is 3.14. The molecule has 0 aliphatic rings. The lowest BCUT2D eigenvalue weighted by Gasteiger charge is -2.40. The Hall–Kier alpha value is -2.28. The van der Waals surface area contributed by atoms with E-state index in [9.17, 15) is 19.8 Å². The predicted octanol–water partition coefficient (Wildman–Crippen LogP) is 2.55. The van der Waals surface area contributed by atoms with E-state index in [4.69, 9.17) is 5.73 Å². The Morgan fingerprint density at radius 1 is 1.15 bits per heavy atom. The van der Waals surface area contributed by atoms with Crippen molar-refractivity contribution in [3.63, 3.8) is 0 Å². The van der Waals surface area contributed by atoms with Crippen molar-refractivity contribution >= 4 is 12.0 Å². The van der Waals surface area contributed by atoms with Gasteiger partial charge in [-0.2, -0.15) is 0 Å². The van der Waals surface area contributed by atoms with Gasteiger partial charge in [0.2, 0.25) is 5.91 Å². The number of hydrogen-bond acceptors (Lipinski definition) is 4. The van der Waals surface area contributed by atoms with Crippen LogP contribution >= 0.6 is 0 Å². The SMILES string of the molecule is Cc1cc(O)cc(C)c1C[C@@H](C(=O)NC(C)(C)CN)N(C(=O)O)C(C)(C)C. The lowest BCUT2D eigenvalue weighted by atomic mass is 9.92. The molecule has 0 heterocycles. The number of rotatable bonds is 6. The Morgan fingerprint density at radius 3 is 2.00 bits per heavy atom. The van der Waals surface area contributed by atoms with Crippen molar-refractivity contribution in [2.75, 3.05) is 6.54 Å². The molecule has 1 aromatic rings. The molecule has 1 atom stereocenters. The summed E-state index contributed by atoms with van der Waals surface area (Å²) in [6, 6.07) is 2.29. The minimum absolute atomic E-state index is 0.143. The Morgan fingerprint density at radius 2 is 1.63 bits per heavy atom. The summed E-state index contributed by atoms with van der Waals surface area (Å²) in [5.74, 6) is -0.250. The minimum atomic E-state index is -1.16. The highest BCUT2D eigenvalue weighted by Gasteiger charge is 2.39. The standard InChI is InChI=1S/C20H33N3O4/c1-12-8-14(24)9-13(2)15(12)10-16(17(25)22-20(6,7)11-21)23(18(26)27)19(3,4)5/h8-9,16,24H,10-11,21H2,1-7H3,(H,22,25)(H,26,27)/t16-/m0/s1. The highest BCUT2D eigenvalue weighted by atomic mass is 16.4. The average molecular weight is 380 g/mol. The summed E-state index contributed by atoms with van der Waals surface area (Å²) in [5.41, 5.74) is 6.74. The normalized spacial score (nSPS) is 13.2. The second-order valence-electron chi connectivity index (χ2n) is 8.68. The van der Waals surface area contributed by atoms with Crippen LogP contribution in [0.4, 0.5) is 4.79 Å². The molecule has 0 saturated carbocycles. The lowest BCUT2D eigenvalue weighted by molar-refractivity contribution is -0.129. The van der Waals surface area contributed by atoms with Crippen LogP contribution in [-0.4, -0.2) is 50.8 Å². The van der Waals surface area contributed by atoms with E-state index in [0.717, 1.165) is 16.7 Å². The van der Waals surface area contributed by atoms with Gasteiger partial charge >= 0.3 is 6.09 Å². The van der Waals surface area contributed by atoms with Gasteiger partial charge in [0.25, 0.3) is 0 Å². The van der Waals surface area contributed by atoms with Gasteiger partial charge in [0.15, 0.2) is 0 Å². The molecule has 5 N–H and O–H groups in total. The number of nitrogens with one attached hydrogen (secondary N) is 1. The number of carboxylic acid groups (broad SMARTS) is 1. The van der Waals surface area contributed by atoms with Crippen molar-refractivity contribution in [3.8, 4) is 5.75 Å². The van der Waals surface area contributed by atoms with Crippen LogP contribution in [0.3, 0.4) is 0 Å². The number of benzene rings is 1. The van der Waals surface area contributed by atoms with E-state index < -0.39 is 29.1 Å². The van der Waals surface area contributed by atoms with Gasteiger partial charge in [-0.1, -0.05) is 0 Å². The van der Waals surface area contributed by atoms with Crippen LogP contribution in [0, 0.1) is 13.8 Å². The summed E-state index contributed by atoms with van der Waals surface area (Å²) in [6.45, 7) is 12.8. The second kappa shape index (κ2) is 8.17. The van der Waals surface area contributed by atoms with E-state index >= 15 is 0 Å².